The largest absolute Gasteiger partial charge is 0.314 e. The van der Waals surface area contributed by atoms with Crippen LogP contribution in [0.5, 0.6) is 0 Å². The quantitative estimate of drug-likeness (QED) is 0.731. The summed E-state index contributed by atoms with van der Waals surface area (Å²) in [5.41, 5.74) is 0. The highest BCUT2D eigenvalue weighted by Crippen LogP contribution is 2.38. The predicted octanol–water partition coefficient (Wildman–Crippen LogP) is 0.0668. The van der Waals surface area contributed by atoms with E-state index in [1.807, 2.05) is 0 Å². The van der Waals surface area contributed by atoms with Crippen molar-refractivity contribution in [3.05, 3.63) is 0 Å². The molecule has 2 aliphatic heterocycles. The summed E-state index contributed by atoms with van der Waals surface area (Å²) in [6.45, 7) is 5.86. The molecule has 1 saturated carbocycles. The summed E-state index contributed by atoms with van der Waals surface area (Å²) in [5.74, 6) is 0.474. The van der Waals surface area contributed by atoms with Gasteiger partial charge in [0.05, 0.1) is 0 Å². The highest BCUT2D eigenvalue weighted by molar-refractivity contribution is 6.00. The Bertz CT molecular complexity index is 344. The normalized spacial score (nSPS) is 32.1. The molecule has 2 saturated heterocycles. The Morgan fingerprint density at radius 2 is 1.63 bits per heavy atom. The number of likely N-dealkylation sites (tertiary alicyclic amines) is 1. The van der Waals surface area contributed by atoms with Gasteiger partial charge in [-0.25, -0.2) is 0 Å². The average molecular weight is 265 g/mol. The highest BCUT2D eigenvalue weighted by atomic mass is 16.2. The van der Waals surface area contributed by atoms with Gasteiger partial charge in [0.2, 0.25) is 11.8 Å². The van der Waals surface area contributed by atoms with E-state index in [1.165, 1.54) is 0 Å². The van der Waals surface area contributed by atoms with Crippen LogP contribution < -0.4 is 5.32 Å². The SMILES string of the molecule is O=C1C2CCC(C2)C(=O)N1CCCN1CCNCC1. The molecule has 3 aliphatic rings. The van der Waals surface area contributed by atoms with E-state index in [2.05, 4.69) is 10.2 Å². The van der Waals surface area contributed by atoms with E-state index in [1.54, 1.807) is 4.90 Å². The van der Waals surface area contributed by atoms with Crippen LogP contribution in [0, 0.1) is 11.8 Å². The maximum atomic E-state index is 12.2. The van der Waals surface area contributed by atoms with Crippen LogP contribution in [0.25, 0.3) is 0 Å². The van der Waals surface area contributed by atoms with Crippen molar-refractivity contribution in [3.8, 4) is 0 Å². The number of piperidine rings is 1. The number of nitrogens with one attached hydrogen (secondary N) is 1. The van der Waals surface area contributed by atoms with E-state index in [4.69, 9.17) is 0 Å². The van der Waals surface area contributed by atoms with Gasteiger partial charge in [0.15, 0.2) is 0 Å². The molecule has 0 aromatic heterocycles. The van der Waals surface area contributed by atoms with Crippen LogP contribution in [-0.2, 0) is 9.59 Å². The second-order valence-electron chi connectivity index (χ2n) is 5.98. The van der Waals surface area contributed by atoms with E-state index >= 15 is 0 Å². The van der Waals surface area contributed by atoms with Crippen molar-refractivity contribution in [2.75, 3.05) is 39.3 Å². The number of carbonyl (C=O) groups is 2. The van der Waals surface area contributed by atoms with Gasteiger partial charge in [-0.05, 0) is 32.2 Å². The first-order valence-corrected chi connectivity index (χ1v) is 7.54. The molecule has 2 unspecified atom stereocenters. The number of fused-ring (bicyclic) bond motifs is 2. The lowest BCUT2D eigenvalue weighted by atomic mass is 9.97. The molecule has 0 radical (unpaired) electrons. The van der Waals surface area contributed by atoms with Crippen LogP contribution in [0.2, 0.25) is 0 Å². The minimum absolute atomic E-state index is 0.0964. The Balaban J connectivity index is 1.49. The molecule has 2 heterocycles. The summed E-state index contributed by atoms with van der Waals surface area (Å²) >= 11 is 0. The Morgan fingerprint density at radius 1 is 1.00 bits per heavy atom. The van der Waals surface area contributed by atoms with E-state index in [0.717, 1.165) is 58.4 Å². The monoisotopic (exact) mass is 265 g/mol. The molecular formula is C14H23N3O2. The van der Waals surface area contributed by atoms with Crippen LogP contribution in [-0.4, -0.2) is 60.9 Å². The standard InChI is InChI=1S/C14H23N3O2/c18-13-11-2-3-12(10-11)14(19)17(13)7-1-6-16-8-4-15-5-9-16/h11-12,15H,1-10H2. The summed E-state index contributed by atoms with van der Waals surface area (Å²) in [4.78, 5) is 28.3. The third-order valence-electron chi connectivity index (χ3n) is 4.73. The summed E-state index contributed by atoms with van der Waals surface area (Å²) < 4.78 is 0. The number of hydrogen-bond acceptors (Lipinski definition) is 4. The fourth-order valence-electron chi connectivity index (χ4n) is 3.59. The van der Waals surface area contributed by atoms with Crippen LogP contribution in [0.3, 0.4) is 0 Å². The molecule has 1 N–H and O–H groups in total. The molecule has 1 aliphatic carbocycles. The molecule has 19 heavy (non-hydrogen) atoms. The first kappa shape index (κ1) is 13.1. The minimum Gasteiger partial charge on any atom is -0.314 e. The first-order valence-electron chi connectivity index (χ1n) is 7.54. The maximum absolute atomic E-state index is 12.2. The Hall–Kier alpha value is -0.940. The molecule has 106 valence electrons. The molecule has 0 spiro atoms. The number of hydrogen-bond donors (Lipinski definition) is 1. The number of rotatable bonds is 4. The Labute approximate surface area is 114 Å². The van der Waals surface area contributed by atoms with E-state index in [0.29, 0.717) is 6.54 Å². The molecular weight excluding hydrogens is 242 g/mol. The van der Waals surface area contributed by atoms with Gasteiger partial charge in [-0.2, -0.15) is 0 Å². The molecule has 3 fully saturated rings. The molecule has 5 heteroatoms. The minimum atomic E-state index is 0.0964. The summed E-state index contributed by atoms with van der Waals surface area (Å²) in [6.07, 6.45) is 3.57. The van der Waals surface area contributed by atoms with Gasteiger partial charge in [-0.3, -0.25) is 14.5 Å². The predicted molar refractivity (Wildman–Crippen MR) is 71.5 cm³/mol. The molecule has 5 nitrogen and oxygen atoms in total. The van der Waals surface area contributed by atoms with Crippen molar-refractivity contribution < 1.29 is 9.59 Å². The van der Waals surface area contributed by atoms with Gasteiger partial charge in [-0.1, -0.05) is 0 Å². The van der Waals surface area contributed by atoms with Crippen molar-refractivity contribution in [2.24, 2.45) is 11.8 Å². The van der Waals surface area contributed by atoms with Gasteiger partial charge in [-0.15, -0.1) is 0 Å². The number of piperazine rings is 1. The van der Waals surface area contributed by atoms with Crippen LogP contribution in [0.4, 0.5) is 0 Å². The van der Waals surface area contributed by atoms with Gasteiger partial charge in [0.25, 0.3) is 0 Å². The van der Waals surface area contributed by atoms with Crippen molar-refractivity contribution in [3.63, 3.8) is 0 Å². The second-order valence-corrected chi connectivity index (χ2v) is 5.98. The van der Waals surface area contributed by atoms with Crippen molar-refractivity contribution in [1.82, 2.24) is 15.1 Å². The summed E-state index contributed by atoms with van der Waals surface area (Å²) in [6, 6.07) is 0. The Morgan fingerprint density at radius 3 is 2.26 bits per heavy atom. The third-order valence-corrected chi connectivity index (χ3v) is 4.73. The first-order chi connectivity index (χ1) is 9.25. The van der Waals surface area contributed by atoms with E-state index in [9.17, 15) is 9.59 Å². The van der Waals surface area contributed by atoms with Gasteiger partial charge >= 0.3 is 0 Å². The highest BCUT2D eigenvalue weighted by Gasteiger charge is 2.44. The van der Waals surface area contributed by atoms with E-state index < -0.39 is 0 Å². The van der Waals surface area contributed by atoms with Gasteiger partial charge < -0.3 is 10.2 Å². The second kappa shape index (κ2) is 5.59. The third kappa shape index (κ3) is 2.67. The summed E-state index contributed by atoms with van der Waals surface area (Å²) in [5, 5.41) is 3.33. The zero-order chi connectivity index (χ0) is 13.2. The molecule has 2 amide bonds. The molecule has 3 rings (SSSR count). The maximum Gasteiger partial charge on any atom is 0.232 e. The van der Waals surface area contributed by atoms with Crippen LogP contribution in [0.1, 0.15) is 25.7 Å². The zero-order valence-corrected chi connectivity index (χ0v) is 11.4. The van der Waals surface area contributed by atoms with Crippen molar-refractivity contribution >= 4 is 11.8 Å². The fraction of sp³-hybridized carbons (Fsp3) is 0.857. The number of imide groups is 1. The lowest BCUT2D eigenvalue weighted by Crippen LogP contribution is -2.48. The number of carbonyl (C=O) groups excluding carboxylic acids is 2. The summed E-state index contributed by atoms with van der Waals surface area (Å²) in [7, 11) is 0. The molecule has 0 aromatic carbocycles. The topological polar surface area (TPSA) is 52.7 Å². The average Bonchev–Trinajstić information content (AvgIpc) is 2.89. The molecule has 2 bridgehead atoms. The molecule has 2 atom stereocenters. The fourth-order valence-corrected chi connectivity index (χ4v) is 3.59. The zero-order valence-electron chi connectivity index (χ0n) is 11.4. The smallest absolute Gasteiger partial charge is 0.232 e. The lowest BCUT2D eigenvalue weighted by Gasteiger charge is -2.31. The van der Waals surface area contributed by atoms with Crippen LogP contribution in [0.15, 0.2) is 0 Å². The number of nitrogens with zero attached hydrogens (tertiary/aromatic N) is 2. The van der Waals surface area contributed by atoms with Crippen molar-refractivity contribution in [2.45, 2.75) is 25.7 Å². The Kier molecular flexibility index (Phi) is 3.84. The van der Waals surface area contributed by atoms with Gasteiger partial charge in [0.1, 0.15) is 0 Å². The van der Waals surface area contributed by atoms with Crippen molar-refractivity contribution in [1.29, 1.82) is 0 Å². The molecule has 0 aromatic rings. The van der Waals surface area contributed by atoms with Gasteiger partial charge in [0, 0.05) is 44.6 Å². The van der Waals surface area contributed by atoms with Crippen LogP contribution >= 0.6 is 0 Å². The van der Waals surface area contributed by atoms with E-state index in [-0.39, 0.29) is 23.7 Å². The lowest BCUT2D eigenvalue weighted by molar-refractivity contribution is -0.152. The number of amides is 2.